The van der Waals surface area contributed by atoms with Gasteiger partial charge in [0.05, 0.1) is 17.8 Å². The number of benzene rings is 1. The number of nitrogens with zero attached hydrogens (tertiary/aromatic N) is 4. The number of aromatic amines is 1. The van der Waals surface area contributed by atoms with E-state index in [0.717, 1.165) is 22.4 Å². The zero-order chi connectivity index (χ0) is 19.0. The van der Waals surface area contributed by atoms with Gasteiger partial charge in [0.15, 0.2) is 0 Å². The predicted molar refractivity (Wildman–Crippen MR) is 105 cm³/mol. The standard InChI is InChI=1S/C20H18ClN5O/c1-12(2)14-4-3-5-17-16(10-14)18(19-22-24-25-23-19)20(27)26(17)11-13-6-8-15(21)9-7-13/h3-10,12H,11H2,1-2H3,(H,22,23,24,25). The van der Waals surface area contributed by atoms with Gasteiger partial charge in [-0.15, -0.1) is 10.2 Å². The maximum atomic E-state index is 13.3. The number of fused-ring (bicyclic) bond motifs is 1. The Morgan fingerprint density at radius 3 is 2.59 bits per heavy atom. The molecule has 0 saturated heterocycles. The third kappa shape index (κ3) is 3.24. The molecule has 0 amide bonds. The summed E-state index contributed by atoms with van der Waals surface area (Å²) in [6, 6.07) is 15.5. The first-order chi connectivity index (χ1) is 13.0. The Morgan fingerprint density at radius 2 is 1.93 bits per heavy atom. The molecule has 1 N–H and O–H groups in total. The molecule has 7 heteroatoms. The SMILES string of the molecule is CC(C)c1cccc2n(Cc3ccc(Cl)cc3)c(=O)c(-c3nn[nH]n3)c-2c1. The van der Waals surface area contributed by atoms with Crippen molar-refractivity contribution in [1.29, 1.82) is 0 Å². The Balaban J connectivity index is 1.94. The summed E-state index contributed by atoms with van der Waals surface area (Å²) in [7, 11) is 0. The van der Waals surface area contributed by atoms with Crippen molar-refractivity contribution >= 4 is 11.6 Å². The Morgan fingerprint density at radius 1 is 1.15 bits per heavy atom. The quantitative estimate of drug-likeness (QED) is 0.582. The van der Waals surface area contributed by atoms with Crippen molar-refractivity contribution in [3.05, 3.63) is 75.0 Å². The third-order valence-corrected chi connectivity index (χ3v) is 4.89. The molecule has 1 aromatic carbocycles. The predicted octanol–water partition coefficient (Wildman–Crippen LogP) is 3.96. The number of halogens is 1. The molecular weight excluding hydrogens is 362 g/mol. The summed E-state index contributed by atoms with van der Waals surface area (Å²) in [5, 5.41) is 14.8. The van der Waals surface area contributed by atoms with Gasteiger partial charge in [-0.2, -0.15) is 5.21 Å². The highest BCUT2D eigenvalue weighted by Gasteiger charge is 2.24. The summed E-state index contributed by atoms with van der Waals surface area (Å²) in [5.41, 5.74) is 4.11. The van der Waals surface area contributed by atoms with Crippen LogP contribution in [0.25, 0.3) is 22.6 Å². The highest BCUT2D eigenvalue weighted by atomic mass is 35.5. The van der Waals surface area contributed by atoms with Gasteiger partial charge < -0.3 is 4.57 Å². The van der Waals surface area contributed by atoms with Crippen molar-refractivity contribution in [2.45, 2.75) is 26.3 Å². The van der Waals surface area contributed by atoms with E-state index in [1.165, 1.54) is 0 Å². The number of hydrogen-bond donors (Lipinski definition) is 1. The maximum Gasteiger partial charge on any atom is 0.263 e. The molecule has 4 rings (SSSR count). The van der Waals surface area contributed by atoms with Crippen molar-refractivity contribution in [2.24, 2.45) is 0 Å². The molecule has 0 unspecified atom stereocenters. The van der Waals surface area contributed by atoms with Gasteiger partial charge in [-0.3, -0.25) is 4.79 Å². The zero-order valence-corrected chi connectivity index (χ0v) is 15.7. The molecule has 136 valence electrons. The summed E-state index contributed by atoms with van der Waals surface area (Å²) >= 11 is 5.98. The van der Waals surface area contributed by atoms with E-state index in [0.29, 0.717) is 28.9 Å². The lowest BCUT2D eigenvalue weighted by Gasteiger charge is -2.06. The first-order valence-electron chi connectivity index (χ1n) is 8.69. The van der Waals surface area contributed by atoms with Gasteiger partial charge in [-0.25, -0.2) is 0 Å². The molecule has 2 aliphatic rings. The van der Waals surface area contributed by atoms with Crippen molar-refractivity contribution in [3.63, 3.8) is 0 Å². The van der Waals surface area contributed by atoms with Crippen molar-refractivity contribution in [1.82, 2.24) is 25.2 Å². The number of aromatic nitrogens is 5. The van der Waals surface area contributed by atoms with Gasteiger partial charge >= 0.3 is 0 Å². The smallest absolute Gasteiger partial charge is 0.263 e. The van der Waals surface area contributed by atoms with Crippen LogP contribution in [-0.4, -0.2) is 25.2 Å². The van der Waals surface area contributed by atoms with Gasteiger partial charge in [-0.1, -0.05) is 49.7 Å². The lowest BCUT2D eigenvalue weighted by Crippen LogP contribution is -2.17. The van der Waals surface area contributed by atoms with E-state index in [9.17, 15) is 4.79 Å². The van der Waals surface area contributed by atoms with Gasteiger partial charge in [0.25, 0.3) is 5.56 Å². The number of rotatable bonds is 4. The zero-order valence-electron chi connectivity index (χ0n) is 15.0. The first-order valence-corrected chi connectivity index (χ1v) is 9.07. The van der Waals surface area contributed by atoms with Gasteiger partial charge in [0.1, 0.15) is 0 Å². The molecule has 0 saturated carbocycles. The molecule has 1 aromatic heterocycles. The fourth-order valence-corrected chi connectivity index (χ4v) is 3.32. The van der Waals surface area contributed by atoms with Crippen LogP contribution in [0.1, 0.15) is 30.9 Å². The maximum absolute atomic E-state index is 13.3. The molecule has 0 fully saturated rings. The van der Waals surface area contributed by atoms with Crippen molar-refractivity contribution in [2.75, 3.05) is 0 Å². The molecule has 0 radical (unpaired) electrons. The van der Waals surface area contributed by atoms with E-state index in [-0.39, 0.29) is 5.56 Å². The second-order valence-corrected chi connectivity index (χ2v) is 7.19. The number of tetrazole rings is 1. The lowest BCUT2D eigenvalue weighted by atomic mass is 10.0. The summed E-state index contributed by atoms with van der Waals surface area (Å²) in [6.45, 7) is 4.68. The third-order valence-electron chi connectivity index (χ3n) is 4.64. The van der Waals surface area contributed by atoms with Crippen LogP contribution >= 0.6 is 11.6 Å². The van der Waals surface area contributed by atoms with Crippen LogP contribution in [0.5, 0.6) is 0 Å². The Kier molecular flexibility index (Phi) is 4.49. The Labute approximate surface area is 161 Å². The Hall–Kier alpha value is -2.99. The molecule has 1 aliphatic carbocycles. The van der Waals surface area contributed by atoms with Crippen LogP contribution in [0.15, 0.2) is 53.3 Å². The summed E-state index contributed by atoms with van der Waals surface area (Å²) in [6.07, 6.45) is 0. The van der Waals surface area contributed by atoms with Crippen LogP contribution in [0.3, 0.4) is 0 Å². The number of nitrogens with one attached hydrogen (secondary N) is 1. The minimum atomic E-state index is -0.137. The van der Waals surface area contributed by atoms with Crippen LogP contribution in [0.2, 0.25) is 5.02 Å². The van der Waals surface area contributed by atoms with Crippen molar-refractivity contribution in [3.8, 4) is 22.6 Å². The normalized spacial score (nSPS) is 11.4. The fraction of sp³-hybridized carbons (Fsp3) is 0.200. The average molecular weight is 380 g/mol. The summed E-state index contributed by atoms with van der Waals surface area (Å²) in [4.78, 5) is 13.3. The minimum Gasteiger partial charge on any atom is -0.303 e. The van der Waals surface area contributed by atoms with E-state index in [4.69, 9.17) is 11.6 Å². The monoisotopic (exact) mass is 379 g/mol. The topological polar surface area (TPSA) is 76.5 Å². The highest BCUT2D eigenvalue weighted by Crippen LogP contribution is 2.32. The summed E-state index contributed by atoms with van der Waals surface area (Å²) in [5.74, 6) is 0.634. The molecule has 0 bridgehead atoms. The molecule has 1 aliphatic heterocycles. The minimum absolute atomic E-state index is 0.137. The largest absolute Gasteiger partial charge is 0.303 e. The number of H-pyrrole nitrogens is 1. The van der Waals surface area contributed by atoms with E-state index in [1.807, 2.05) is 42.5 Å². The van der Waals surface area contributed by atoms with Gasteiger partial charge in [0, 0.05) is 10.6 Å². The molecule has 6 nitrogen and oxygen atoms in total. The van der Waals surface area contributed by atoms with Gasteiger partial charge in [-0.05, 0) is 46.5 Å². The molecule has 2 aromatic rings. The van der Waals surface area contributed by atoms with Crippen LogP contribution in [0.4, 0.5) is 0 Å². The van der Waals surface area contributed by atoms with Crippen LogP contribution in [0, 0.1) is 0 Å². The van der Waals surface area contributed by atoms with Crippen molar-refractivity contribution < 1.29 is 0 Å². The number of hydrogen-bond acceptors (Lipinski definition) is 4. The van der Waals surface area contributed by atoms with Crippen LogP contribution < -0.4 is 5.56 Å². The highest BCUT2D eigenvalue weighted by molar-refractivity contribution is 6.30. The lowest BCUT2D eigenvalue weighted by molar-refractivity contribution is 0.787. The molecule has 0 atom stereocenters. The van der Waals surface area contributed by atoms with E-state index in [1.54, 1.807) is 4.57 Å². The molecule has 2 heterocycles. The molecular formula is C20H18ClN5O. The molecule has 27 heavy (non-hydrogen) atoms. The van der Waals surface area contributed by atoms with Gasteiger partial charge in [0.2, 0.25) is 5.82 Å². The first kappa shape index (κ1) is 17.4. The van der Waals surface area contributed by atoms with E-state index < -0.39 is 0 Å². The van der Waals surface area contributed by atoms with E-state index >= 15 is 0 Å². The molecule has 0 spiro atoms. The fourth-order valence-electron chi connectivity index (χ4n) is 3.20. The second kappa shape index (κ2) is 6.96. The second-order valence-electron chi connectivity index (χ2n) is 6.75. The van der Waals surface area contributed by atoms with E-state index in [2.05, 4.69) is 40.5 Å². The summed E-state index contributed by atoms with van der Waals surface area (Å²) < 4.78 is 1.74. The average Bonchev–Trinajstić information content (AvgIpc) is 3.17. The Bertz CT molecular complexity index is 1100. The van der Waals surface area contributed by atoms with Crippen LogP contribution in [-0.2, 0) is 6.54 Å².